The van der Waals surface area contributed by atoms with Crippen molar-refractivity contribution in [3.05, 3.63) is 12.1 Å². The van der Waals surface area contributed by atoms with Crippen molar-refractivity contribution >= 4 is 13.1 Å². The molecule has 6 heteroatoms. The van der Waals surface area contributed by atoms with Crippen molar-refractivity contribution in [2.75, 3.05) is 27.2 Å². The highest BCUT2D eigenvalue weighted by Crippen LogP contribution is 2.36. The van der Waals surface area contributed by atoms with E-state index in [1.54, 1.807) is 0 Å². The van der Waals surface area contributed by atoms with Crippen LogP contribution in [0.2, 0.25) is 0 Å². The van der Waals surface area contributed by atoms with Gasteiger partial charge in [0.25, 0.3) is 0 Å². The summed E-state index contributed by atoms with van der Waals surface area (Å²) in [6, 6.07) is 0. The van der Waals surface area contributed by atoms with Crippen molar-refractivity contribution in [3.63, 3.8) is 0 Å². The molecule has 0 N–H and O–H groups in total. The Labute approximate surface area is 128 Å². The van der Waals surface area contributed by atoms with Crippen molar-refractivity contribution in [3.8, 4) is 0 Å². The SMILES string of the molecule is COC(=O)CCN(C)CC/C=C/B1OC(C)(C)C(C)(C)O1. The molecule has 1 rings (SSSR count). The molecule has 0 aromatic carbocycles. The van der Waals surface area contributed by atoms with Gasteiger partial charge in [-0.25, -0.2) is 0 Å². The zero-order valence-electron chi connectivity index (χ0n) is 14.1. The highest BCUT2D eigenvalue weighted by Gasteiger charge is 2.49. The Kier molecular flexibility index (Phi) is 6.44. The minimum Gasteiger partial charge on any atom is -0.469 e. The van der Waals surface area contributed by atoms with Crippen molar-refractivity contribution in [2.24, 2.45) is 0 Å². The summed E-state index contributed by atoms with van der Waals surface area (Å²) in [6.45, 7) is 9.76. The van der Waals surface area contributed by atoms with Crippen LogP contribution in [-0.2, 0) is 18.8 Å². The fourth-order valence-corrected chi connectivity index (χ4v) is 1.97. The zero-order chi connectivity index (χ0) is 16.1. The summed E-state index contributed by atoms with van der Waals surface area (Å²) >= 11 is 0. The lowest BCUT2D eigenvalue weighted by Crippen LogP contribution is -2.41. The molecular formula is C15H28BNO4. The number of rotatable bonds is 7. The molecule has 120 valence electrons. The van der Waals surface area contributed by atoms with E-state index in [2.05, 4.69) is 15.7 Å². The van der Waals surface area contributed by atoms with Gasteiger partial charge in [-0.05, 0) is 41.2 Å². The maximum absolute atomic E-state index is 11.0. The van der Waals surface area contributed by atoms with E-state index >= 15 is 0 Å². The normalized spacial score (nSPS) is 20.4. The maximum Gasteiger partial charge on any atom is 0.486 e. The van der Waals surface area contributed by atoms with Crippen molar-refractivity contribution in [1.29, 1.82) is 0 Å². The molecule has 0 aromatic heterocycles. The van der Waals surface area contributed by atoms with Crippen LogP contribution in [0.4, 0.5) is 0 Å². The first kappa shape index (κ1) is 18.2. The Morgan fingerprint density at radius 2 is 1.76 bits per heavy atom. The molecule has 0 bridgehead atoms. The Bertz CT molecular complexity index is 366. The van der Waals surface area contributed by atoms with E-state index in [4.69, 9.17) is 9.31 Å². The van der Waals surface area contributed by atoms with Crippen molar-refractivity contribution < 1.29 is 18.8 Å². The Hall–Kier alpha value is -0.845. The van der Waals surface area contributed by atoms with Crippen molar-refractivity contribution in [2.45, 2.75) is 51.7 Å². The molecule has 1 fully saturated rings. The van der Waals surface area contributed by atoms with Crippen LogP contribution in [0.15, 0.2) is 12.1 Å². The standard InChI is InChI=1S/C15H28BNO4/c1-14(2)15(3,4)21-16(20-14)10-7-8-11-17(5)12-9-13(18)19-6/h7,10H,8-9,11-12H2,1-6H3/b10-7+. The minimum absolute atomic E-state index is 0.172. The van der Waals surface area contributed by atoms with Gasteiger partial charge in [0.15, 0.2) is 0 Å². The fraction of sp³-hybridized carbons (Fsp3) is 0.800. The topological polar surface area (TPSA) is 48.0 Å². The molecule has 1 saturated heterocycles. The van der Waals surface area contributed by atoms with Gasteiger partial charge in [-0.2, -0.15) is 0 Å². The lowest BCUT2D eigenvalue weighted by molar-refractivity contribution is -0.140. The van der Waals surface area contributed by atoms with E-state index < -0.39 is 0 Å². The second-order valence-corrected chi connectivity index (χ2v) is 6.47. The molecule has 5 nitrogen and oxygen atoms in total. The molecule has 0 saturated carbocycles. The highest BCUT2D eigenvalue weighted by molar-refractivity contribution is 6.51. The zero-order valence-corrected chi connectivity index (χ0v) is 14.1. The third-order valence-corrected chi connectivity index (χ3v) is 4.17. The van der Waals surface area contributed by atoms with E-state index in [0.29, 0.717) is 13.0 Å². The van der Waals surface area contributed by atoms with Crippen LogP contribution in [0.25, 0.3) is 0 Å². The predicted molar refractivity (Wildman–Crippen MR) is 84.0 cm³/mol. The number of hydrogen-bond acceptors (Lipinski definition) is 5. The molecule has 0 amide bonds. The fourth-order valence-electron chi connectivity index (χ4n) is 1.97. The van der Waals surface area contributed by atoms with Gasteiger partial charge in [0.2, 0.25) is 0 Å². The molecule has 1 aliphatic heterocycles. The van der Waals surface area contributed by atoms with E-state index in [0.717, 1.165) is 13.0 Å². The first-order chi connectivity index (χ1) is 9.68. The summed E-state index contributed by atoms with van der Waals surface area (Å²) in [5, 5.41) is 0. The third-order valence-electron chi connectivity index (χ3n) is 4.17. The van der Waals surface area contributed by atoms with Gasteiger partial charge in [0.1, 0.15) is 0 Å². The lowest BCUT2D eigenvalue weighted by atomic mass is 9.90. The Morgan fingerprint density at radius 3 is 2.29 bits per heavy atom. The number of carbonyl (C=O) groups is 1. The second kappa shape index (κ2) is 7.43. The van der Waals surface area contributed by atoms with Gasteiger partial charge < -0.3 is 18.9 Å². The summed E-state index contributed by atoms with van der Waals surface area (Å²) in [6.07, 6.45) is 3.38. The van der Waals surface area contributed by atoms with Gasteiger partial charge in [0, 0.05) is 13.1 Å². The summed E-state index contributed by atoms with van der Waals surface area (Å²) < 4.78 is 16.4. The van der Waals surface area contributed by atoms with Crippen LogP contribution in [0.3, 0.4) is 0 Å². The monoisotopic (exact) mass is 297 g/mol. The first-order valence-electron chi connectivity index (χ1n) is 7.45. The molecular weight excluding hydrogens is 269 g/mol. The first-order valence-corrected chi connectivity index (χ1v) is 7.45. The van der Waals surface area contributed by atoms with Crippen LogP contribution < -0.4 is 0 Å². The van der Waals surface area contributed by atoms with E-state index in [1.807, 2.05) is 40.7 Å². The van der Waals surface area contributed by atoms with Crippen LogP contribution in [-0.4, -0.2) is 56.4 Å². The molecule has 0 spiro atoms. The summed E-state index contributed by atoms with van der Waals surface area (Å²) in [4.78, 5) is 13.1. The number of nitrogens with zero attached hydrogens (tertiary/aromatic N) is 1. The van der Waals surface area contributed by atoms with Gasteiger partial charge >= 0.3 is 13.1 Å². The molecule has 0 aliphatic carbocycles. The van der Waals surface area contributed by atoms with Gasteiger partial charge in [-0.1, -0.05) is 12.1 Å². The van der Waals surface area contributed by atoms with Gasteiger partial charge in [-0.3, -0.25) is 4.79 Å². The Morgan fingerprint density at radius 1 is 1.19 bits per heavy atom. The summed E-state index contributed by atoms with van der Waals surface area (Å²) in [5.41, 5.74) is -0.585. The second-order valence-electron chi connectivity index (χ2n) is 6.47. The largest absolute Gasteiger partial charge is 0.486 e. The van der Waals surface area contributed by atoms with E-state index in [-0.39, 0.29) is 24.3 Å². The number of esters is 1. The average molecular weight is 297 g/mol. The molecule has 1 aliphatic rings. The molecule has 0 radical (unpaired) electrons. The minimum atomic E-state index is -0.292. The molecule has 21 heavy (non-hydrogen) atoms. The highest BCUT2D eigenvalue weighted by atomic mass is 16.7. The van der Waals surface area contributed by atoms with Crippen LogP contribution in [0.1, 0.15) is 40.5 Å². The van der Waals surface area contributed by atoms with E-state index in [9.17, 15) is 4.79 Å². The van der Waals surface area contributed by atoms with E-state index in [1.165, 1.54) is 7.11 Å². The number of hydrogen-bond donors (Lipinski definition) is 0. The third kappa shape index (κ3) is 5.45. The Balaban J connectivity index is 2.26. The van der Waals surface area contributed by atoms with Gasteiger partial charge in [-0.15, -0.1) is 0 Å². The summed E-state index contributed by atoms with van der Waals surface area (Å²) in [5.74, 6) is 1.79. The van der Waals surface area contributed by atoms with Crippen LogP contribution in [0, 0.1) is 0 Å². The summed E-state index contributed by atoms with van der Waals surface area (Å²) in [7, 11) is 3.12. The number of ether oxygens (including phenoxy) is 1. The molecule has 0 unspecified atom stereocenters. The molecule has 1 heterocycles. The number of methoxy groups -OCH3 is 1. The number of carbonyl (C=O) groups excluding carboxylic acids is 1. The molecule has 0 aromatic rings. The average Bonchev–Trinajstić information content (AvgIpc) is 2.60. The van der Waals surface area contributed by atoms with Crippen LogP contribution >= 0.6 is 0 Å². The van der Waals surface area contributed by atoms with Gasteiger partial charge in [0.05, 0.1) is 24.7 Å². The van der Waals surface area contributed by atoms with Crippen molar-refractivity contribution in [1.82, 2.24) is 4.90 Å². The van der Waals surface area contributed by atoms with Crippen LogP contribution in [0.5, 0.6) is 0 Å². The maximum atomic E-state index is 11.0. The molecule has 0 atom stereocenters. The predicted octanol–water partition coefficient (Wildman–Crippen LogP) is 2.06. The lowest BCUT2D eigenvalue weighted by Gasteiger charge is -2.32. The smallest absolute Gasteiger partial charge is 0.469 e. The quantitative estimate of drug-likeness (QED) is 0.532.